The third-order valence-electron chi connectivity index (χ3n) is 9.86. The number of phenols is 1. The highest BCUT2D eigenvalue weighted by molar-refractivity contribution is 8.02. The summed E-state index contributed by atoms with van der Waals surface area (Å²) in [4.78, 5) is 4.91. The van der Waals surface area contributed by atoms with Gasteiger partial charge in [0.2, 0.25) is 0 Å². The molecule has 2 atom stereocenters. The van der Waals surface area contributed by atoms with Crippen molar-refractivity contribution in [1.29, 1.82) is 0 Å². The van der Waals surface area contributed by atoms with Crippen LogP contribution in [-0.2, 0) is 5.41 Å². The molecule has 0 saturated heterocycles. The molecular formula is C39H38OS2. The van der Waals surface area contributed by atoms with Gasteiger partial charge in [-0.15, -0.1) is 0 Å². The maximum atomic E-state index is 11.8. The molecule has 2 aliphatic carbocycles. The molecule has 3 heteroatoms. The van der Waals surface area contributed by atoms with Crippen molar-refractivity contribution in [1.82, 2.24) is 0 Å². The van der Waals surface area contributed by atoms with Crippen LogP contribution in [0.5, 0.6) is 5.75 Å². The monoisotopic (exact) mass is 586 g/mol. The largest absolute Gasteiger partial charge is 0.507 e. The number of rotatable bonds is 4. The van der Waals surface area contributed by atoms with Gasteiger partial charge < -0.3 is 5.11 Å². The Bertz CT molecular complexity index is 1850. The maximum Gasteiger partial charge on any atom is 0.123 e. The molecule has 1 saturated carbocycles. The molecule has 7 rings (SSSR count). The topological polar surface area (TPSA) is 20.2 Å². The molecule has 0 radical (unpaired) electrons. The Balaban J connectivity index is 1.49. The average molecular weight is 587 g/mol. The van der Waals surface area contributed by atoms with E-state index in [0.717, 1.165) is 17.2 Å². The van der Waals surface area contributed by atoms with Gasteiger partial charge in [-0.2, -0.15) is 0 Å². The Morgan fingerprint density at radius 3 is 1.86 bits per heavy atom. The Morgan fingerprint density at radius 2 is 1.24 bits per heavy atom. The Labute approximate surface area is 258 Å². The smallest absolute Gasteiger partial charge is 0.123 e. The normalized spacial score (nSPS) is 20.5. The van der Waals surface area contributed by atoms with Crippen molar-refractivity contribution in [3.63, 3.8) is 0 Å². The molecule has 212 valence electrons. The Morgan fingerprint density at radius 1 is 0.667 bits per heavy atom. The molecule has 2 aliphatic rings. The number of benzene rings is 5. The second-order valence-electron chi connectivity index (χ2n) is 13.2. The molecule has 0 amide bonds. The highest BCUT2D eigenvalue weighted by Gasteiger charge is 2.51. The molecule has 1 fully saturated rings. The molecule has 0 bridgehead atoms. The van der Waals surface area contributed by atoms with Crippen LogP contribution in [-0.4, -0.2) is 5.11 Å². The standard InChI is InChI=1S/C39H38OS2/c1-24-12-6-10-16-33(24)41-35-20-28-29(21-36(35)42-34-17-11-7-13-25(34)2)37-27-14-8-9-15-30(27)39(31(37)22-32(28)40)19-18-38(4,5)23-26(39)3/h6-17,20-22,26,40H,18-19,23H2,1-5H3. The molecule has 2 unspecified atom stereocenters. The minimum absolute atomic E-state index is 0.0645. The first-order valence-corrected chi connectivity index (χ1v) is 16.7. The molecule has 1 spiro atoms. The molecule has 1 N–H and O–H groups in total. The van der Waals surface area contributed by atoms with Crippen LogP contribution in [0.25, 0.3) is 21.9 Å². The quantitative estimate of drug-likeness (QED) is 0.226. The van der Waals surface area contributed by atoms with Crippen molar-refractivity contribution in [2.24, 2.45) is 11.3 Å². The van der Waals surface area contributed by atoms with Crippen LogP contribution in [0.15, 0.2) is 111 Å². The zero-order valence-corrected chi connectivity index (χ0v) is 26.8. The number of aromatic hydroxyl groups is 1. The number of phenolic OH excluding ortho intramolecular Hbond substituents is 1. The summed E-state index contributed by atoms with van der Waals surface area (Å²) in [6, 6.07) is 33.0. The minimum Gasteiger partial charge on any atom is -0.507 e. The fourth-order valence-corrected chi connectivity index (χ4v) is 9.86. The predicted molar refractivity (Wildman–Crippen MR) is 179 cm³/mol. The molecule has 0 aliphatic heterocycles. The van der Waals surface area contributed by atoms with Crippen LogP contribution in [0, 0.1) is 25.2 Å². The molecule has 1 nitrogen and oxygen atoms in total. The fourth-order valence-electron chi connectivity index (χ4n) is 7.71. The van der Waals surface area contributed by atoms with Gasteiger partial charge in [-0.3, -0.25) is 0 Å². The highest BCUT2D eigenvalue weighted by Crippen LogP contribution is 2.63. The summed E-state index contributed by atoms with van der Waals surface area (Å²) in [5.41, 5.74) is 8.24. The van der Waals surface area contributed by atoms with Gasteiger partial charge in [0.05, 0.1) is 0 Å². The lowest BCUT2D eigenvalue weighted by Gasteiger charge is -2.48. The molecule has 0 aromatic heterocycles. The Hall–Kier alpha value is -3.14. The molecule has 42 heavy (non-hydrogen) atoms. The first kappa shape index (κ1) is 27.7. The van der Waals surface area contributed by atoms with E-state index in [2.05, 4.69) is 126 Å². The van der Waals surface area contributed by atoms with E-state index in [4.69, 9.17) is 0 Å². The second kappa shape index (κ2) is 10.2. The fraction of sp³-hybridized carbons (Fsp3) is 0.282. The third-order valence-corrected chi connectivity index (χ3v) is 12.5. The maximum absolute atomic E-state index is 11.8. The molecule has 5 aromatic rings. The van der Waals surface area contributed by atoms with Crippen molar-refractivity contribution in [3.05, 3.63) is 113 Å². The molecular weight excluding hydrogens is 549 g/mol. The van der Waals surface area contributed by atoms with E-state index in [1.54, 1.807) is 11.8 Å². The first-order chi connectivity index (χ1) is 20.2. The van der Waals surface area contributed by atoms with Crippen molar-refractivity contribution in [2.45, 2.75) is 78.9 Å². The second-order valence-corrected chi connectivity index (χ2v) is 15.4. The summed E-state index contributed by atoms with van der Waals surface area (Å²) >= 11 is 3.64. The summed E-state index contributed by atoms with van der Waals surface area (Å²) in [7, 11) is 0. The number of hydrogen-bond acceptors (Lipinski definition) is 3. The molecule has 0 heterocycles. The van der Waals surface area contributed by atoms with Gasteiger partial charge in [-0.25, -0.2) is 0 Å². The Kier molecular flexibility index (Phi) is 6.75. The van der Waals surface area contributed by atoms with Crippen molar-refractivity contribution >= 4 is 34.3 Å². The van der Waals surface area contributed by atoms with Crippen molar-refractivity contribution in [2.75, 3.05) is 0 Å². The summed E-state index contributed by atoms with van der Waals surface area (Å²) in [6.45, 7) is 11.6. The highest BCUT2D eigenvalue weighted by atomic mass is 32.2. The predicted octanol–water partition coefficient (Wildman–Crippen LogP) is 11.6. The van der Waals surface area contributed by atoms with E-state index in [9.17, 15) is 5.11 Å². The summed E-state index contributed by atoms with van der Waals surface area (Å²) < 4.78 is 0. The van der Waals surface area contributed by atoms with Crippen LogP contribution in [0.1, 0.15) is 62.3 Å². The van der Waals surface area contributed by atoms with E-state index in [1.807, 2.05) is 11.8 Å². The lowest BCUT2D eigenvalue weighted by Crippen LogP contribution is -2.41. The van der Waals surface area contributed by atoms with Gasteiger partial charge in [-0.1, -0.05) is 105 Å². The van der Waals surface area contributed by atoms with Crippen LogP contribution >= 0.6 is 23.5 Å². The van der Waals surface area contributed by atoms with E-state index in [1.165, 1.54) is 65.8 Å². The van der Waals surface area contributed by atoms with Gasteiger partial charge in [0.25, 0.3) is 0 Å². The van der Waals surface area contributed by atoms with Gasteiger partial charge in [0.1, 0.15) is 5.75 Å². The van der Waals surface area contributed by atoms with E-state index in [-0.39, 0.29) is 5.41 Å². The van der Waals surface area contributed by atoms with Gasteiger partial charge in [0, 0.05) is 30.4 Å². The number of hydrogen-bond donors (Lipinski definition) is 1. The van der Waals surface area contributed by atoms with Gasteiger partial charge >= 0.3 is 0 Å². The van der Waals surface area contributed by atoms with E-state index in [0.29, 0.717) is 17.1 Å². The summed E-state index contributed by atoms with van der Waals surface area (Å²) in [5.74, 6) is 0.879. The minimum atomic E-state index is -0.0645. The van der Waals surface area contributed by atoms with Crippen molar-refractivity contribution < 1.29 is 5.11 Å². The van der Waals surface area contributed by atoms with Crippen LogP contribution in [0.4, 0.5) is 0 Å². The van der Waals surface area contributed by atoms with Crippen molar-refractivity contribution in [3.8, 4) is 16.9 Å². The average Bonchev–Trinajstić information content (AvgIpc) is 3.24. The summed E-state index contributed by atoms with van der Waals surface area (Å²) in [6.07, 6.45) is 3.48. The lowest BCUT2D eigenvalue weighted by molar-refractivity contribution is 0.125. The van der Waals surface area contributed by atoms with Crippen LogP contribution < -0.4 is 0 Å². The van der Waals surface area contributed by atoms with E-state index < -0.39 is 0 Å². The number of fused-ring (bicyclic) bond motifs is 7. The summed E-state index contributed by atoms with van der Waals surface area (Å²) in [5, 5.41) is 13.9. The van der Waals surface area contributed by atoms with Crippen LogP contribution in [0.2, 0.25) is 0 Å². The SMILES string of the molecule is Cc1ccccc1Sc1cc2c(O)cc3c(c2cc1Sc1ccccc1C)-c1ccccc1C31CCC(C)(C)CC1C. The van der Waals surface area contributed by atoms with Crippen LogP contribution in [0.3, 0.4) is 0 Å². The third kappa shape index (κ3) is 4.39. The number of aryl methyl sites for hydroxylation is 2. The zero-order chi connectivity index (χ0) is 29.2. The van der Waals surface area contributed by atoms with E-state index >= 15 is 0 Å². The van der Waals surface area contributed by atoms with Gasteiger partial charge in [-0.05, 0) is 114 Å². The molecule has 5 aromatic carbocycles. The van der Waals surface area contributed by atoms with Gasteiger partial charge in [0.15, 0.2) is 0 Å². The lowest BCUT2D eigenvalue weighted by atomic mass is 9.56. The first-order valence-electron chi connectivity index (χ1n) is 15.1. The zero-order valence-electron chi connectivity index (χ0n) is 25.1.